The second-order valence-corrected chi connectivity index (χ2v) is 9.76. The third-order valence-corrected chi connectivity index (χ3v) is 5.99. The first kappa shape index (κ1) is 23.4. The summed E-state index contributed by atoms with van der Waals surface area (Å²) in [4.78, 5) is 25.2. The zero-order valence-electron chi connectivity index (χ0n) is 19.0. The van der Waals surface area contributed by atoms with E-state index < -0.39 is 22.6 Å². The molecule has 0 atom stereocenters. The number of hydrogen-bond donors (Lipinski definition) is 1. The molecule has 2 aromatic carbocycles. The van der Waals surface area contributed by atoms with E-state index in [-0.39, 0.29) is 23.8 Å². The molecule has 34 heavy (non-hydrogen) atoms. The molecule has 0 amide bonds. The number of ketones is 1. The van der Waals surface area contributed by atoms with Crippen LogP contribution in [0, 0.1) is 13.8 Å². The van der Waals surface area contributed by atoms with Gasteiger partial charge in [-0.25, -0.2) is 13.2 Å². The number of aryl methyl sites for hydroxylation is 1. The maximum absolute atomic E-state index is 12.8. The maximum atomic E-state index is 12.8. The van der Waals surface area contributed by atoms with Gasteiger partial charge in [0.25, 0.3) is 0 Å². The van der Waals surface area contributed by atoms with Crippen molar-refractivity contribution in [3.8, 4) is 11.5 Å². The van der Waals surface area contributed by atoms with Gasteiger partial charge in [-0.15, -0.1) is 0 Å². The Hall–Kier alpha value is -3.79. The molecule has 2 heterocycles. The molecule has 0 fully saturated rings. The lowest BCUT2D eigenvalue weighted by Crippen LogP contribution is -2.16. The van der Waals surface area contributed by atoms with E-state index in [1.165, 1.54) is 24.3 Å². The fourth-order valence-corrected chi connectivity index (χ4v) is 4.32. The highest BCUT2D eigenvalue weighted by Crippen LogP contribution is 2.33. The predicted molar refractivity (Wildman–Crippen MR) is 125 cm³/mol. The minimum absolute atomic E-state index is 0.134. The summed E-state index contributed by atoms with van der Waals surface area (Å²) in [6, 6.07) is 13.4. The van der Waals surface area contributed by atoms with Crippen molar-refractivity contribution < 1.29 is 32.2 Å². The van der Waals surface area contributed by atoms with Crippen LogP contribution in [0.2, 0.25) is 0 Å². The molecule has 1 aromatic heterocycles. The Balaban J connectivity index is 1.43. The Kier molecular flexibility index (Phi) is 6.34. The lowest BCUT2D eigenvalue weighted by atomic mass is 10.1. The highest BCUT2D eigenvalue weighted by Gasteiger charge is 2.19. The number of benzene rings is 2. The zero-order valence-corrected chi connectivity index (χ0v) is 19.8. The summed E-state index contributed by atoms with van der Waals surface area (Å²) in [5.41, 5.74) is 3.49. The number of aromatic nitrogens is 1. The lowest BCUT2D eigenvalue weighted by Gasteiger charge is -2.11. The van der Waals surface area contributed by atoms with Gasteiger partial charge in [0, 0.05) is 29.2 Å². The number of ether oxygens (including phenoxy) is 3. The SMILES string of the molecule is Cc1cc(C(=O)COC(=O)c2cccc(NS(C)(=O)=O)c2)c(C)n1Cc1ccc2c(c1)OCO2. The van der Waals surface area contributed by atoms with E-state index in [0.717, 1.165) is 23.2 Å². The van der Waals surface area contributed by atoms with Crippen LogP contribution in [0.4, 0.5) is 5.69 Å². The number of nitrogens with zero attached hydrogens (tertiary/aromatic N) is 1. The quantitative estimate of drug-likeness (QED) is 0.386. The molecule has 3 aromatic rings. The number of nitrogens with one attached hydrogen (secondary N) is 1. The molecule has 0 saturated carbocycles. The number of esters is 1. The average Bonchev–Trinajstić information content (AvgIpc) is 3.35. The first-order valence-corrected chi connectivity index (χ1v) is 12.3. The van der Waals surface area contributed by atoms with Gasteiger partial charge in [0.15, 0.2) is 18.1 Å². The summed E-state index contributed by atoms with van der Waals surface area (Å²) in [6.07, 6.45) is 1.01. The van der Waals surface area contributed by atoms with Gasteiger partial charge in [0.2, 0.25) is 22.6 Å². The van der Waals surface area contributed by atoms with Gasteiger partial charge in [-0.3, -0.25) is 9.52 Å². The normalized spacial score (nSPS) is 12.4. The molecule has 1 aliphatic rings. The van der Waals surface area contributed by atoms with E-state index >= 15 is 0 Å². The monoisotopic (exact) mass is 484 g/mol. The third-order valence-electron chi connectivity index (χ3n) is 5.39. The first-order valence-electron chi connectivity index (χ1n) is 10.4. The summed E-state index contributed by atoms with van der Waals surface area (Å²) in [5, 5.41) is 0. The van der Waals surface area contributed by atoms with Crippen LogP contribution in [0.3, 0.4) is 0 Å². The number of rotatable bonds is 8. The third kappa shape index (κ3) is 5.23. The second-order valence-electron chi connectivity index (χ2n) is 8.01. The van der Waals surface area contributed by atoms with Crippen LogP contribution in [0.15, 0.2) is 48.5 Å². The topological polar surface area (TPSA) is 113 Å². The number of Topliss-reactive ketones (excluding diaryl/α,β-unsaturated/α-hetero) is 1. The number of carbonyl (C=O) groups is 2. The minimum Gasteiger partial charge on any atom is -0.454 e. The fraction of sp³-hybridized carbons (Fsp3) is 0.250. The lowest BCUT2D eigenvalue weighted by molar-refractivity contribution is 0.0474. The van der Waals surface area contributed by atoms with Crippen LogP contribution in [0.5, 0.6) is 11.5 Å². The van der Waals surface area contributed by atoms with Crippen molar-refractivity contribution in [2.45, 2.75) is 20.4 Å². The van der Waals surface area contributed by atoms with Crippen molar-refractivity contribution in [2.24, 2.45) is 0 Å². The molecule has 4 rings (SSSR count). The Morgan fingerprint density at radius 2 is 1.82 bits per heavy atom. The van der Waals surface area contributed by atoms with Gasteiger partial charge in [-0.05, 0) is 55.8 Å². The van der Waals surface area contributed by atoms with Gasteiger partial charge in [-0.1, -0.05) is 12.1 Å². The highest BCUT2D eigenvalue weighted by atomic mass is 32.2. The van der Waals surface area contributed by atoms with Crippen LogP contribution in [-0.4, -0.2) is 44.4 Å². The minimum atomic E-state index is -3.49. The van der Waals surface area contributed by atoms with E-state index in [1.54, 1.807) is 6.07 Å². The second kappa shape index (κ2) is 9.22. The zero-order chi connectivity index (χ0) is 24.5. The van der Waals surface area contributed by atoms with E-state index in [1.807, 2.05) is 36.6 Å². The van der Waals surface area contributed by atoms with Gasteiger partial charge in [0.05, 0.1) is 11.8 Å². The summed E-state index contributed by atoms with van der Waals surface area (Å²) >= 11 is 0. The molecule has 0 bridgehead atoms. The van der Waals surface area contributed by atoms with Crippen molar-refractivity contribution in [2.75, 3.05) is 24.4 Å². The molecule has 0 unspecified atom stereocenters. The van der Waals surface area contributed by atoms with Gasteiger partial charge in [-0.2, -0.15) is 0 Å². The number of hydrogen-bond acceptors (Lipinski definition) is 7. The predicted octanol–water partition coefficient (Wildman–Crippen LogP) is 3.29. The molecule has 10 heteroatoms. The molecule has 0 radical (unpaired) electrons. The highest BCUT2D eigenvalue weighted by molar-refractivity contribution is 7.92. The van der Waals surface area contributed by atoms with Gasteiger partial charge < -0.3 is 18.8 Å². The van der Waals surface area contributed by atoms with Crippen LogP contribution < -0.4 is 14.2 Å². The van der Waals surface area contributed by atoms with Crippen LogP contribution in [0.1, 0.15) is 37.7 Å². The van der Waals surface area contributed by atoms with Gasteiger partial charge in [0.1, 0.15) is 0 Å². The van der Waals surface area contributed by atoms with E-state index in [0.29, 0.717) is 23.6 Å². The van der Waals surface area contributed by atoms with E-state index in [4.69, 9.17) is 14.2 Å². The fourth-order valence-electron chi connectivity index (χ4n) is 3.76. The Bertz CT molecular complexity index is 1380. The van der Waals surface area contributed by atoms with Crippen molar-refractivity contribution in [3.05, 3.63) is 76.6 Å². The Morgan fingerprint density at radius 3 is 2.59 bits per heavy atom. The van der Waals surface area contributed by atoms with Crippen molar-refractivity contribution in [3.63, 3.8) is 0 Å². The molecule has 1 aliphatic heterocycles. The summed E-state index contributed by atoms with van der Waals surface area (Å²) in [6.45, 7) is 4.06. The standard InChI is InChI=1S/C24H24N2O7S/c1-15-9-20(16(2)26(15)12-17-7-8-22-23(10-17)33-14-32-22)21(27)13-31-24(28)18-5-4-6-19(11-18)25-34(3,29)30/h4-11,25H,12-14H2,1-3H3. The average molecular weight is 485 g/mol. The number of sulfonamides is 1. The number of anilines is 1. The smallest absolute Gasteiger partial charge is 0.338 e. The van der Waals surface area contributed by atoms with Crippen molar-refractivity contribution in [1.29, 1.82) is 0 Å². The van der Waals surface area contributed by atoms with Crippen molar-refractivity contribution in [1.82, 2.24) is 4.57 Å². The molecule has 1 N–H and O–H groups in total. The molecule has 0 aliphatic carbocycles. The van der Waals surface area contributed by atoms with Crippen LogP contribution in [0.25, 0.3) is 0 Å². The molecular formula is C24H24N2O7S. The summed E-state index contributed by atoms with van der Waals surface area (Å²) < 4.78 is 43.1. The van der Waals surface area contributed by atoms with Gasteiger partial charge >= 0.3 is 5.97 Å². The molecule has 0 spiro atoms. The first-order chi connectivity index (χ1) is 16.1. The van der Waals surface area contributed by atoms with Crippen LogP contribution >= 0.6 is 0 Å². The Morgan fingerprint density at radius 1 is 1.06 bits per heavy atom. The molecule has 9 nitrogen and oxygen atoms in total. The largest absolute Gasteiger partial charge is 0.454 e. The van der Waals surface area contributed by atoms with Crippen molar-refractivity contribution >= 4 is 27.5 Å². The maximum Gasteiger partial charge on any atom is 0.338 e. The van der Waals surface area contributed by atoms with Crippen LogP contribution in [-0.2, 0) is 21.3 Å². The molecule has 178 valence electrons. The van der Waals surface area contributed by atoms with E-state index in [2.05, 4.69) is 4.72 Å². The number of carbonyl (C=O) groups excluding carboxylic acids is 2. The molecule has 0 saturated heterocycles. The Labute approximate surface area is 197 Å². The summed E-state index contributed by atoms with van der Waals surface area (Å²) in [7, 11) is -3.49. The number of fused-ring (bicyclic) bond motifs is 1. The van der Waals surface area contributed by atoms with E-state index in [9.17, 15) is 18.0 Å². The molecular weight excluding hydrogens is 460 g/mol. The summed E-state index contributed by atoms with van der Waals surface area (Å²) in [5.74, 6) is 0.350.